The Morgan fingerprint density at radius 3 is 2.24 bits per heavy atom. The highest BCUT2D eigenvalue weighted by Gasteiger charge is 2.22. The van der Waals surface area contributed by atoms with Crippen molar-refractivity contribution in [2.75, 3.05) is 0 Å². The number of alkyl halides is 1. The van der Waals surface area contributed by atoms with Crippen molar-refractivity contribution < 1.29 is 13.2 Å². The maximum atomic E-state index is 14.4. The number of hydrogen-bond acceptors (Lipinski definition) is 0. The summed E-state index contributed by atoms with van der Waals surface area (Å²) in [6, 6.07) is 10.8. The lowest BCUT2D eigenvalue weighted by molar-refractivity contribution is 0.235. The molecule has 2 aromatic rings. The van der Waals surface area contributed by atoms with E-state index in [4.69, 9.17) is 0 Å². The van der Waals surface area contributed by atoms with Crippen molar-refractivity contribution in [3.8, 4) is 11.1 Å². The van der Waals surface area contributed by atoms with E-state index in [1.165, 1.54) is 0 Å². The minimum atomic E-state index is -0.816. The molecule has 3 rings (SSSR count). The molecule has 0 amide bonds. The molecule has 0 radical (unpaired) electrons. The summed E-state index contributed by atoms with van der Waals surface area (Å²) in [5.74, 6) is -1.26. The zero-order chi connectivity index (χ0) is 17.8. The van der Waals surface area contributed by atoms with Crippen molar-refractivity contribution in [2.45, 2.75) is 51.1 Å². The molecule has 0 unspecified atom stereocenters. The van der Waals surface area contributed by atoms with Gasteiger partial charge in [0, 0.05) is 11.1 Å². The van der Waals surface area contributed by atoms with Crippen molar-refractivity contribution in [1.29, 1.82) is 0 Å². The molecule has 3 heteroatoms. The van der Waals surface area contributed by atoms with Crippen molar-refractivity contribution in [3.63, 3.8) is 0 Å². The van der Waals surface area contributed by atoms with Crippen LogP contribution in [0.4, 0.5) is 13.2 Å². The van der Waals surface area contributed by atoms with Crippen molar-refractivity contribution in [1.82, 2.24) is 0 Å². The molecule has 0 N–H and O–H groups in total. The zero-order valence-electron chi connectivity index (χ0n) is 14.4. The van der Waals surface area contributed by atoms with Crippen LogP contribution in [0.2, 0.25) is 0 Å². The first-order chi connectivity index (χ1) is 12.1. The van der Waals surface area contributed by atoms with Gasteiger partial charge >= 0.3 is 0 Å². The van der Waals surface area contributed by atoms with Crippen LogP contribution in [-0.4, -0.2) is 6.17 Å². The molecule has 0 nitrogen and oxygen atoms in total. The third-order valence-corrected chi connectivity index (χ3v) is 5.00. The molecule has 132 valence electrons. The normalized spacial score (nSPS) is 21.0. The van der Waals surface area contributed by atoms with E-state index in [0.717, 1.165) is 24.8 Å². The lowest BCUT2D eigenvalue weighted by atomic mass is 9.83. The molecule has 0 atom stereocenters. The van der Waals surface area contributed by atoms with Crippen LogP contribution in [0.5, 0.6) is 0 Å². The summed E-state index contributed by atoms with van der Waals surface area (Å²) in [5, 5.41) is 0. The Kier molecular flexibility index (Phi) is 5.62. The Morgan fingerprint density at radius 1 is 0.920 bits per heavy atom. The van der Waals surface area contributed by atoms with E-state index in [-0.39, 0.29) is 11.1 Å². The Balaban J connectivity index is 1.83. The summed E-state index contributed by atoms with van der Waals surface area (Å²) in [7, 11) is 0. The summed E-state index contributed by atoms with van der Waals surface area (Å²) in [6.45, 7) is 1.95. The summed E-state index contributed by atoms with van der Waals surface area (Å²) in [4.78, 5) is 0. The molecule has 25 heavy (non-hydrogen) atoms. The van der Waals surface area contributed by atoms with Crippen LogP contribution >= 0.6 is 0 Å². The number of allylic oxidation sites excluding steroid dienone is 1. The third-order valence-electron chi connectivity index (χ3n) is 5.00. The second-order valence-electron chi connectivity index (χ2n) is 6.71. The topological polar surface area (TPSA) is 0 Å². The van der Waals surface area contributed by atoms with Gasteiger partial charge in [0.15, 0.2) is 11.6 Å². The van der Waals surface area contributed by atoms with Gasteiger partial charge in [0.25, 0.3) is 0 Å². The van der Waals surface area contributed by atoms with Crippen LogP contribution in [0.1, 0.15) is 56.1 Å². The van der Waals surface area contributed by atoms with Gasteiger partial charge in [0.1, 0.15) is 6.17 Å². The second-order valence-corrected chi connectivity index (χ2v) is 6.71. The van der Waals surface area contributed by atoms with E-state index in [1.807, 2.05) is 31.2 Å². The maximum absolute atomic E-state index is 14.4. The maximum Gasteiger partial charge on any atom is 0.167 e. The Bertz CT molecular complexity index is 739. The monoisotopic (exact) mass is 344 g/mol. The minimum absolute atomic E-state index is 0.266. The van der Waals surface area contributed by atoms with Gasteiger partial charge in [-0.05, 0) is 49.1 Å². The predicted molar refractivity (Wildman–Crippen MR) is 97.2 cm³/mol. The summed E-state index contributed by atoms with van der Waals surface area (Å²) in [6.07, 6.45) is 6.43. The number of benzene rings is 2. The average Bonchev–Trinajstić information content (AvgIpc) is 2.64. The van der Waals surface area contributed by atoms with Gasteiger partial charge in [-0.25, -0.2) is 13.2 Å². The molecule has 1 fully saturated rings. The third kappa shape index (κ3) is 3.97. The van der Waals surface area contributed by atoms with E-state index in [9.17, 15) is 13.2 Å². The predicted octanol–water partition coefficient (Wildman–Crippen LogP) is 7.05. The highest BCUT2D eigenvalue weighted by atomic mass is 19.2. The van der Waals surface area contributed by atoms with Crippen LogP contribution in [0.3, 0.4) is 0 Å². The minimum Gasteiger partial charge on any atom is -0.247 e. The van der Waals surface area contributed by atoms with Crippen molar-refractivity contribution in [2.24, 2.45) is 0 Å². The fraction of sp³-hybridized carbons (Fsp3) is 0.364. The molecular formula is C22H23F3. The van der Waals surface area contributed by atoms with Crippen LogP contribution in [-0.2, 0) is 0 Å². The van der Waals surface area contributed by atoms with Crippen LogP contribution in [0, 0.1) is 11.6 Å². The lowest BCUT2D eigenvalue weighted by Crippen LogP contribution is -2.13. The first-order valence-corrected chi connectivity index (χ1v) is 8.99. The fourth-order valence-electron chi connectivity index (χ4n) is 3.48. The quantitative estimate of drug-likeness (QED) is 0.557. The standard InChI is InChI=1S/C22H23F3/c1-2-3-4-18-11-14-20(22(25)21(18)24)17-7-5-15(6-8-17)16-9-12-19(23)13-10-16/h3-8,11,14,16,19H,2,9-10,12-13H2,1H3/b4-3+. The Morgan fingerprint density at radius 2 is 1.60 bits per heavy atom. The van der Waals surface area contributed by atoms with Gasteiger partial charge in [0.2, 0.25) is 0 Å². The van der Waals surface area contributed by atoms with Crippen LogP contribution in [0.15, 0.2) is 42.5 Å². The van der Waals surface area contributed by atoms with Gasteiger partial charge in [-0.1, -0.05) is 55.5 Å². The van der Waals surface area contributed by atoms with E-state index in [0.29, 0.717) is 24.3 Å². The highest BCUT2D eigenvalue weighted by Crippen LogP contribution is 2.35. The number of hydrogen-bond donors (Lipinski definition) is 0. The van der Waals surface area contributed by atoms with E-state index in [2.05, 4.69) is 0 Å². The molecule has 0 spiro atoms. The summed E-state index contributed by atoms with van der Waals surface area (Å²) in [5.41, 5.74) is 2.34. The molecule has 0 aliphatic heterocycles. The molecule has 0 saturated heterocycles. The Labute approximate surface area is 147 Å². The van der Waals surface area contributed by atoms with E-state index in [1.54, 1.807) is 24.3 Å². The molecule has 2 aromatic carbocycles. The van der Waals surface area contributed by atoms with Gasteiger partial charge in [-0.3, -0.25) is 0 Å². The lowest BCUT2D eigenvalue weighted by Gasteiger charge is -2.24. The molecule has 1 saturated carbocycles. The van der Waals surface area contributed by atoms with Crippen molar-refractivity contribution >= 4 is 6.08 Å². The SMILES string of the molecule is CC/C=C/c1ccc(-c2ccc(C3CCC(F)CC3)cc2)c(F)c1F. The molecular weight excluding hydrogens is 321 g/mol. The first kappa shape index (κ1) is 17.8. The molecule has 0 aromatic heterocycles. The Hall–Kier alpha value is -2.03. The van der Waals surface area contributed by atoms with Crippen molar-refractivity contribution in [3.05, 3.63) is 65.2 Å². The van der Waals surface area contributed by atoms with Gasteiger partial charge in [-0.2, -0.15) is 0 Å². The molecule has 0 heterocycles. The van der Waals surface area contributed by atoms with E-state index >= 15 is 0 Å². The van der Waals surface area contributed by atoms with Crippen LogP contribution < -0.4 is 0 Å². The second kappa shape index (κ2) is 7.90. The average molecular weight is 344 g/mol. The molecule has 1 aliphatic carbocycles. The van der Waals surface area contributed by atoms with E-state index < -0.39 is 17.8 Å². The van der Waals surface area contributed by atoms with Gasteiger partial charge in [-0.15, -0.1) is 0 Å². The number of halogens is 3. The number of rotatable bonds is 4. The zero-order valence-corrected chi connectivity index (χ0v) is 14.4. The molecule has 1 aliphatic rings. The highest BCUT2D eigenvalue weighted by molar-refractivity contribution is 5.67. The smallest absolute Gasteiger partial charge is 0.167 e. The van der Waals surface area contributed by atoms with Gasteiger partial charge in [0.05, 0.1) is 0 Å². The summed E-state index contributed by atoms with van der Waals surface area (Å²) >= 11 is 0. The van der Waals surface area contributed by atoms with Gasteiger partial charge < -0.3 is 0 Å². The van der Waals surface area contributed by atoms with Crippen LogP contribution in [0.25, 0.3) is 17.2 Å². The summed E-state index contributed by atoms with van der Waals surface area (Å²) < 4.78 is 41.9. The fourth-order valence-corrected chi connectivity index (χ4v) is 3.48. The first-order valence-electron chi connectivity index (χ1n) is 8.99. The molecule has 0 bridgehead atoms. The largest absolute Gasteiger partial charge is 0.247 e.